The van der Waals surface area contributed by atoms with E-state index in [0.717, 1.165) is 19.3 Å². The van der Waals surface area contributed by atoms with Gasteiger partial charge in [0.05, 0.1) is 0 Å². The number of hydrogen-bond acceptors (Lipinski definition) is 0. The summed E-state index contributed by atoms with van der Waals surface area (Å²) in [5.74, 6) is 1.35. The Balaban J connectivity index is 2.04. The minimum Gasteiger partial charge on any atom is -0.210 e. The third-order valence-electron chi connectivity index (χ3n) is 2.27. The van der Waals surface area contributed by atoms with Crippen LogP contribution in [0.15, 0.2) is 0 Å². The van der Waals surface area contributed by atoms with Crippen LogP contribution in [0, 0.1) is 11.3 Å². The van der Waals surface area contributed by atoms with Gasteiger partial charge >= 0.3 is 0 Å². The van der Waals surface area contributed by atoms with Crippen molar-refractivity contribution in [1.82, 2.24) is 0 Å². The quantitative estimate of drug-likeness (QED) is 0.492. The van der Waals surface area contributed by atoms with Crippen LogP contribution in [0.1, 0.15) is 19.3 Å². The van der Waals surface area contributed by atoms with Crippen LogP contribution in [-0.4, -0.2) is 6.43 Å². The summed E-state index contributed by atoms with van der Waals surface area (Å²) in [5, 5.41) is 0. The standard InChI is InChI=1S/C6H7F2/c7-5(8)6-1-4(2-6)3-6/h5H,1-3H2. The predicted octanol–water partition coefficient (Wildman–Crippen LogP) is 2.01. The molecule has 3 saturated carbocycles. The highest BCUT2D eigenvalue weighted by Gasteiger charge is 2.62. The van der Waals surface area contributed by atoms with E-state index in [1.165, 1.54) is 5.92 Å². The van der Waals surface area contributed by atoms with Gasteiger partial charge in [0, 0.05) is 5.41 Å². The molecule has 0 N–H and O–H groups in total. The minimum absolute atomic E-state index is 0.505. The summed E-state index contributed by atoms with van der Waals surface area (Å²) in [6.45, 7) is 0. The first-order valence-corrected chi connectivity index (χ1v) is 2.85. The highest BCUT2D eigenvalue weighted by atomic mass is 19.3. The average molecular weight is 117 g/mol. The first-order valence-electron chi connectivity index (χ1n) is 2.85. The van der Waals surface area contributed by atoms with Crippen molar-refractivity contribution in [2.45, 2.75) is 25.7 Å². The zero-order valence-electron chi connectivity index (χ0n) is 4.45. The zero-order valence-corrected chi connectivity index (χ0v) is 4.45. The van der Waals surface area contributed by atoms with Crippen molar-refractivity contribution in [1.29, 1.82) is 0 Å². The molecule has 3 aliphatic carbocycles. The normalized spacial score (nSPS) is 31.9. The van der Waals surface area contributed by atoms with Gasteiger partial charge in [0.15, 0.2) is 0 Å². The van der Waals surface area contributed by atoms with E-state index in [1.54, 1.807) is 0 Å². The van der Waals surface area contributed by atoms with E-state index in [0.29, 0.717) is 0 Å². The molecular formula is C6H7F2. The van der Waals surface area contributed by atoms with Gasteiger partial charge in [0.1, 0.15) is 0 Å². The first kappa shape index (κ1) is 4.71. The van der Waals surface area contributed by atoms with Crippen LogP contribution in [0.4, 0.5) is 8.78 Å². The van der Waals surface area contributed by atoms with Crippen molar-refractivity contribution < 1.29 is 8.78 Å². The fourth-order valence-electron chi connectivity index (χ4n) is 1.57. The number of rotatable bonds is 1. The van der Waals surface area contributed by atoms with E-state index in [1.807, 2.05) is 0 Å². The molecule has 0 aromatic rings. The largest absolute Gasteiger partial charge is 0.244 e. The van der Waals surface area contributed by atoms with Gasteiger partial charge < -0.3 is 0 Å². The van der Waals surface area contributed by atoms with E-state index in [2.05, 4.69) is 0 Å². The molecule has 45 valence electrons. The molecule has 8 heavy (non-hydrogen) atoms. The number of hydrogen-bond donors (Lipinski definition) is 0. The second-order valence-electron chi connectivity index (χ2n) is 2.94. The highest BCUT2D eigenvalue weighted by molar-refractivity contribution is 5.27. The summed E-state index contributed by atoms with van der Waals surface area (Å²) in [4.78, 5) is 0. The lowest BCUT2D eigenvalue weighted by atomic mass is 9.44. The van der Waals surface area contributed by atoms with Crippen molar-refractivity contribution in [3.63, 3.8) is 0 Å². The summed E-state index contributed by atoms with van der Waals surface area (Å²) in [7, 11) is 0. The molecular weight excluding hydrogens is 110 g/mol. The molecule has 3 rings (SSSR count). The maximum absolute atomic E-state index is 11.9. The van der Waals surface area contributed by atoms with E-state index < -0.39 is 11.8 Å². The lowest BCUT2D eigenvalue weighted by Gasteiger charge is -2.60. The maximum atomic E-state index is 11.9. The van der Waals surface area contributed by atoms with E-state index >= 15 is 0 Å². The summed E-state index contributed by atoms with van der Waals surface area (Å²) in [6.07, 6.45) is 0.125. The summed E-state index contributed by atoms with van der Waals surface area (Å²) >= 11 is 0. The zero-order chi connectivity index (χ0) is 5.78. The average Bonchev–Trinajstić information content (AvgIpc) is 1.16. The van der Waals surface area contributed by atoms with Crippen molar-refractivity contribution in [2.24, 2.45) is 5.41 Å². The van der Waals surface area contributed by atoms with Crippen molar-refractivity contribution in [3.8, 4) is 0 Å². The molecule has 1 radical (unpaired) electrons. The third kappa shape index (κ3) is 0.318. The maximum Gasteiger partial charge on any atom is 0.244 e. The van der Waals surface area contributed by atoms with Gasteiger partial charge in [-0.2, -0.15) is 0 Å². The Morgan fingerprint density at radius 3 is 1.75 bits per heavy atom. The molecule has 3 fully saturated rings. The van der Waals surface area contributed by atoms with Gasteiger partial charge in [-0.1, -0.05) is 0 Å². The van der Waals surface area contributed by atoms with Crippen LogP contribution in [0.2, 0.25) is 0 Å². The lowest BCUT2D eigenvalue weighted by Crippen LogP contribution is -2.54. The summed E-state index contributed by atoms with van der Waals surface area (Å²) < 4.78 is 23.8. The fraction of sp³-hybridized carbons (Fsp3) is 0.833. The first-order chi connectivity index (χ1) is 3.73. The minimum atomic E-state index is -2.06. The molecule has 2 heteroatoms. The van der Waals surface area contributed by atoms with Crippen LogP contribution in [0.5, 0.6) is 0 Å². The third-order valence-corrected chi connectivity index (χ3v) is 2.27. The molecule has 0 amide bonds. The topological polar surface area (TPSA) is 0 Å². The smallest absolute Gasteiger partial charge is 0.210 e. The Hall–Kier alpha value is -0.140. The van der Waals surface area contributed by atoms with Crippen LogP contribution in [0.3, 0.4) is 0 Å². The van der Waals surface area contributed by atoms with Gasteiger partial charge in [0.2, 0.25) is 6.43 Å². The van der Waals surface area contributed by atoms with Crippen LogP contribution >= 0.6 is 0 Å². The second kappa shape index (κ2) is 1.07. The highest BCUT2D eigenvalue weighted by Crippen LogP contribution is 2.68. The molecule has 0 unspecified atom stereocenters. The Morgan fingerprint density at radius 2 is 1.75 bits per heavy atom. The summed E-state index contributed by atoms with van der Waals surface area (Å²) in [5.41, 5.74) is -0.505. The monoisotopic (exact) mass is 117 g/mol. The molecule has 3 aliphatic rings. The molecule has 0 spiro atoms. The Labute approximate surface area is 46.9 Å². The van der Waals surface area contributed by atoms with E-state index in [-0.39, 0.29) is 0 Å². The van der Waals surface area contributed by atoms with Crippen LogP contribution in [-0.2, 0) is 0 Å². The summed E-state index contributed by atoms with van der Waals surface area (Å²) in [6, 6.07) is 0. The van der Waals surface area contributed by atoms with Crippen molar-refractivity contribution in [2.75, 3.05) is 0 Å². The molecule has 0 nitrogen and oxygen atoms in total. The fourth-order valence-corrected chi connectivity index (χ4v) is 1.57. The molecule has 0 heterocycles. The Morgan fingerprint density at radius 1 is 1.25 bits per heavy atom. The lowest BCUT2D eigenvalue weighted by molar-refractivity contribution is -0.118. The second-order valence-corrected chi connectivity index (χ2v) is 2.94. The Kier molecular flexibility index (Phi) is 0.628. The van der Waals surface area contributed by atoms with Crippen molar-refractivity contribution >= 4 is 0 Å². The molecule has 0 atom stereocenters. The van der Waals surface area contributed by atoms with Gasteiger partial charge in [0.25, 0.3) is 0 Å². The Bertz CT molecular complexity index is 103. The molecule has 0 saturated heterocycles. The number of halogens is 2. The van der Waals surface area contributed by atoms with Gasteiger partial charge in [-0.3, -0.25) is 0 Å². The number of alkyl halides is 2. The molecule has 0 aromatic carbocycles. The van der Waals surface area contributed by atoms with Gasteiger partial charge in [-0.25, -0.2) is 8.78 Å². The van der Waals surface area contributed by atoms with Crippen LogP contribution < -0.4 is 0 Å². The van der Waals surface area contributed by atoms with E-state index in [9.17, 15) is 8.78 Å². The van der Waals surface area contributed by atoms with Crippen molar-refractivity contribution in [3.05, 3.63) is 5.92 Å². The molecule has 0 aromatic heterocycles. The molecule has 2 bridgehead atoms. The van der Waals surface area contributed by atoms with Crippen LogP contribution in [0.25, 0.3) is 0 Å². The van der Waals surface area contributed by atoms with E-state index in [4.69, 9.17) is 0 Å². The SMILES string of the molecule is FC(F)C12C[C](C1)C2. The van der Waals surface area contributed by atoms with Gasteiger partial charge in [-0.05, 0) is 25.2 Å². The predicted molar refractivity (Wildman–Crippen MR) is 25.5 cm³/mol. The van der Waals surface area contributed by atoms with Gasteiger partial charge in [-0.15, -0.1) is 0 Å². The molecule has 0 aliphatic heterocycles.